The molecule has 0 saturated heterocycles. The summed E-state index contributed by atoms with van der Waals surface area (Å²) in [6, 6.07) is -0.164. The maximum Gasteiger partial charge on any atom is 0.307 e. The Balaban J connectivity index is 2.34. The summed E-state index contributed by atoms with van der Waals surface area (Å²) in [6.07, 6.45) is 1.72. The average molecular weight is 272 g/mol. The number of thiazole rings is 1. The standard InChI is InChI=1S/C12H20N2O3S/c1-3-10(7-15)13-11(16)5-4-6-14-9(2)8-18-12(14)17/h8,10,15H,3-7H2,1-2H3,(H,13,16)/t10-/m0/s1. The van der Waals surface area contributed by atoms with Crippen LogP contribution in [0, 0.1) is 6.92 Å². The van der Waals surface area contributed by atoms with Gasteiger partial charge in [0.25, 0.3) is 0 Å². The second-order valence-corrected chi connectivity index (χ2v) is 5.07. The molecular weight excluding hydrogens is 252 g/mol. The largest absolute Gasteiger partial charge is 0.394 e. The molecule has 0 aromatic carbocycles. The van der Waals surface area contributed by atoms with Crippen LogP contribution in [0.15, 0.2) is 10.2 Å². The number of aliphatic hydroxyl groups is 1. The van der Waals surface area contributed by atoms with E-state index in [2.05, 4.69) is 5.32 Å². The Morgan fingerprint density at radius 2 is 2.33 bits per heavy atom. The minimum atomic E-state index is -0.164. The van der Waals surface area contributed by atoms with Gasteiger partial charge in [0.1, 0.15) is 0 Å². The first-order valence-electron chi connectivity index (χ1n) is 6.13. The molecule has 102 valence electrons. The molecule has 1 amide bonds. The number of hydrogen-bond acceptors (Lipinski definition) is 4. The van der Waals surface area contributed by atoms with Gasteiger partial charge in [-0.1, -0.05) is 18.3 Å². The first-order chi connectivity index (χ1) is 8.58. The number of rotatable bonds is 7. The summed E-state index contributed by atoms with van der Waals surface area (Å²) in [5, 5.41) is 13.5. The first kappa shape index (κ1) is 14.9. The number of aromatic nitrogens is 1. The van der Waals surface area contributed by atoms with Gasteiger partial charge in [-0.15, -0.1) is 0 Å². The molecule has 1 aromatic rings. The molecule has 0 aliphatic rings. The van der Waals surface area contributed by atoms with Crippen molar-refractivity contribution >= 4 is 17.2 Å². The lowest BCUT2D eigenvalue weighted by Crippen LogP contribution is -2.36. The topological polar surface area (TPSA) is 71.3 Å². The third-order valence-electron chi connectivity index (χ3n) is 2.84. The van der Waals surface area contributed by atoms with Gasteiger partial charge in [-0.3, -0.25) is 9.59 Å². The van der Waals surface area contributed by atoms with Gasteiger partial charge in [-0.2, -0.15) is 0 Å². The fourth-order valence-electron chi connectivity index (χ4n) is 1.65. The van der Waals surface area contributed by atoms with Crippen LogP contribution in [0.3, 0.4) is 0 Å². The Bertz CT molecular complexity index is 435. The van der Waals surface area contributed by atoms with Crippen molar-refractivity contribution in [1.82, 2.24) is 9.88 Å². The predicted octanol–water partition coefficient (Wildman–Crippen LogP) is 0.886. The smallest absolute Gasteiger partial charge is 0.307 e. The zero-order chi connectivity index (χ0) is 13.5. The molecule has 6 heteroatoms. The van der Waals surface area contributed by atoms with Crippen molar-refractivity contribution in [2.75, 3.05) is 6.61 Å². The Morgan fingerprint density at radius 3 is 2.83 bits per heavy atom. The maximum absolute atomic E-state index is 11.6. The molecule has 1 aromatic heterocycles. The number of hydrogen-bond donors (Lipinski definition) is 2. The van der Waals surface area contributed by atoms with Gasteiger partial charge in [0.05, 0.1) is 12.6 Å². The molecular formula is C12H20N2O3S. The summed E-state index contributed by atoms with van der Waals surface area (Å²) in [5.74, 6) is -0.0724. The molecule has 0 fully saturated rings. The van der Waals surface area contributed by atoms with Crippen LogP contribution in [0.1, 0.15) is 31.9 Å². The van der Waals surface area contributed by atoms with Crippen molar-refractivity contribution in [3.05, 3.63) is 20.7 Å². The first-order valence-corrected chi connectivity index (χ1v) is 7.01. The molecule has 5 nitrogen and oxygen atoms in total. The number of amides is 1. The monoisotopic (exact) mass is 272 g/mol. The van der Waals surface area contributed by atoms with Gasteiger partial charge in [-0.05, 0) is 19.8 Å². The molecule has 18 heavy (non-hydrogen) atoms. The van der Waals surface area contributed by atoms with E-state index in [9.17, 15) is 9.59 Å². The van der Waals surface area contributed by atoms with E-state index in [1.165, 1.54) is 11.3 Å². The van der Waals surface area contributed by atoms with Crippen LogP contribution >= 0.6 is 11.3 Å². The Kier molecular flexibility index (Phi) is 6.07. The van der Waals surface area contributed by atoms with E-state index < -0.39 is 0 Å². The second kappa shape index (κ2) is 7.33. The van der Waals surface area contributed by atoms with Gasteiger partial charge in [-0.25, -0.2) is 0 Å². The molecule has 0 saturated carbocycles. The Hall–Kier alpha value is -1.14. The van der Waals surface area contributed by atoms with Crippen LogP contribution < -0.4 is 10.2 Å². The van der Waals surface area contributed by atoms with E-state index in [0.717, 1.165) is 5.69 Å². The van der Waals surface area contributed by atoms with Crippen LogP contribution in [0.25, 0.3) is 0 Å². The molecule has 1 heterocycles. The van der Waals surface area contributed by atoms with Crippen LogP contribution in [0.2, 0.25) is 0 Å². The molecule has 0 aliphatic heterocycles. The van der Waals surface area contributed by atoms with Crippen LogP contribution in [-0.4, -0.2) is 28.2 Å². The van der Waals surface area contributed by atoms with Crippen molar-refractivity contribution in [3.8, 4) is 0 Å². The van der Waals surface area contributed by atoms with E-state index in [1.807, 2.05) is 19.2 Å². The summed E-state index contributed by atoms with van der Waals surface area (Å²) in [6.45, 7) is 4.33. The Morgan fingerprint density at radius 1 is 1.61 bits per heavy atom. The number of aliphatic hydroxyl groups excluding tert-OH is 1. The number of carbonyl (C=O) groups is 1. The molecule has 1 atom stereocenters. The van der Waals surface area contributed by atoms with Crippen molar-refractivity contribution in [3.63, 3.8) is 0 Å². The molecule has 0 unspecified atom stereocenters. The van der Waals surface area contributed by atoms with Crippen LogP contribution in [0.4, 0.5) is 0 Å². The van der Waals surface area contributed by atoms with E-state index in [-0.39, 0.29) is 23.4 Å². The van der Waals surface area contributed by atoms with Gasteiger partial charge < -0.3 is 15.0 Å². The number of carbonyl (C=O) groups excluding carboxylic acids is 1. The summed E-state index contributed by atoms with van der Waals surface area (Å²) in [7, 11) is 0. The van der Waals surface area contributed by atoms with Crippen LogP contribution in [0.5, 0.6) is 0 Å². The molecule has 1 rings (SSSR count). The zero-order valence-corrected chi connectivity index (χ0v) is 11.6. The van der Waals surface area contributed by atoms with Crippen LogP contribution in [-0.2, 0) is 11.3 Å². The lowest BCUT2D eigenvalue weighted by molar-refractivity contribution is -0.122. The van der Waals surface area contributed by atoms with Crippen molar-refractivity contribution in [2.24, 2.45) is 0 Å². The Labute approximate surface area is 110 Å². The predicted molar refractivity (Wildman–Crippen MR) is 71.9 cm³/mol. The lowest BCUT2D eigenvalue weighted by atomic mass is 10.2. The SMILES string of the molecule is CC[C@@H](CO)NC(=O)CCCn1c(C)csc1=O. The molecule has 0 aliphatic carbocycles. The molecule has 0 radical (unpaired) electrons. The average Bonchev–Trinajstić information content (AvgIpc) is 2.67. The fourth-order valence-corrected chi connectivity index (χ4v) is 2.41. The van der Waals surface area contributed by atoms with Crippen molar-refractivity contribution in [2.45, 2.75) is 45.7 Å². The maximum atomic E-state index is 11.6. The summed E-state index contributed by atoms with van der Waals surface area (Å²) in [4.78, 5) is 23.0. The highest BCUT2D eigenvalue weighted by Crippen LogP contribution is 2.02. The highest BCUT2D eigenvalue weighted by molar-refractivity contribution is 7.07. The van der Waals surface area contributed by atoms with Gasteiger partial charge in [0.15, 0.2) is 0 Å². The normalized spacial score (nSPS) is 12.4. The lowest BCUT2D eigenvalue weighted by Gasteiger charge is -2.13. The third kappa shape index (κ3) is 4.27. The van der Waals surface area contributed by atoms with E-state index in [1.54, 1.807) is 4.57 Å². The second-order valence-electron chi connectivity index (χ2n) is 4.25. The van der Waals surface area contributed by atoms with Gasteiger partial charge in [0, 0.05) is 24.0 Å². The van der Waals surface area contributed by atoms with Crippen molar-refractivity contribution in [1.29, 1.82) is 0 Å². The summed E-state index contributed by atoms with van der Waals surface area (Å²) in [5.41, 5.74) is 0.937. The van der Waals surface area contributed by atoms with E-state index in [0.29, 0.717) is 25.8 Å². The quantitative estimate of drug-likeness (QED) is 0.774. The number of aryl methyl sites for hydroxylation is 1. The van der Waals surface area contributed by atoms with E-state index in [4.69, 9.17) is 5.11 Å². The number of nitrogens with one attached hydrogen (secondary N) is 1. The summed E-state index contributed by atoms with van der Waals surface area (Å²) < 4.78 is 1.68. The van der Waals surface area contributed by atoms with Crippen molar-refractivity contribution < 1.29 is 9.90 Å². The van der Waals surface area contributed by atoms with E-state index >= 15 is 0 Å². The molecule has 0 bridgehead atoms. The molecule has 2 N–H and O–H groups in total. The fraction of sp³-hybridized carbons (Fsp3) is 0.667. The van der Waals surface area contributed by atoms with Gasteiger partial charge in [0.2, 0.25) is 5.91 Å². The highest BCUT2D eigenvalue weighted by atomic mass is 32.1. The minimum Gasteiger partial charge on any atom is -0.394 e. The zero-order valence-electron chi connectivity index (χ0n) is 10.8. The number of nitrogens with zero attached hydrogens (tertiary/aromatic N) is 1. The van der Waals surface area contributed by atoms with Gasteiger partial charge >= 0.3 is 4.87 Å². The highest BCUT2D eigenvalue weighted by Gasteiger charge is 2.09. The molecule has 0 spiro atoms. The minimum absolute atomic E-state index is 0.0229. The third-order valence-corrected chi connectivity index (χ3v) is 3.72. The summed E-state index contributed by atoms with van der Waals surface area (Å²) >= 11 is 1.18.